The molecule has 1 heterocycles. The van der Waals surface area contributed by atoms with Crippen LogP contribution in [0.4, 0.5) is 0 Å². The summed E-state index contributed by atoms with van der Waals surface area (Å²) < 4.78 is 1.91. The van der Waals surface area contributed by atoms with E-state index < -0.39 is 0 Å². The molecule has 0 saturated heterocycles. The second-order valence-corrected chi connectivity index (χ2v) is 4.34. The second kappa shape index (κ2) is 7.60. The number of rotatable bonds is 3. The summed E-state index contributed by atoms with van der Waals surface area (Å²) in [5.41, 5.74) is 3.45. The SMILES string of the molecule is CCNC(=NCc1c(C)nn(C)c1C)N(C)C.I. The summed E-state index contributed by atoms with van der Waals surface area (Å²) in [6, 6.07) is 0. The van der Waals surface area contributed by atoms with Crippen LogP contribution in [0.1, 0.15) is 23.9 Å². The quantitative estimate of drug-likeness (QED) is 0.504. The average molecular weight is 365 g/mol. The molecule has 0 spiro atoms. The van der Waals surface area contributed by atoms with Gasteiger partial charge < -0.3 is 10.2 Å². The maximum atomic E-state index is 4.60. The Hall–Kier alpha value is -0.790. The van der Waals surface area contributed by atoms with Crippen molar-refractivity contribution in [2.24, 2.45) is 12.0 Å². The van der Waals surface area contributed by atoms with Gasteiger partial charge in [-0.15, -0.1) is 24.0 Å². The lowest BCUT2D eigenvalue weighted by Gasteiger charge is -2.16. The Morgan fingerprint density at radius 1 is 1.39 bits per heavy atom. The van der Waals surface area contributed by atoms with Crippen LogP contribution in [0.5, 0.6) is 0 Å². The van der Waals surface area contributed by atoms with Crippen molar-refractivity contribution in [3.8, 4) is 0 Å². The van der Waals surface area contributed by atoms with Crippen molar-refractivity contribution in [3.05, 3.63) is 17.0 Å². The van der Waals surface area contributed by atoms with Gasteiger partial charge in [-0.3, -0.25) is 4.68 Å². The molecule has 104 valence electrons. The standard InChI is InChI=1S/C12H23N5.HI/c1-7-13-12(16(4)5)14-8-11-9(2)15-17(6)10(11)3;/h7-8H2,1-6H3,(H,13,14);1H. The van der Waals surface area contributed by atoms with Crippen LogP contribution in [-0.4, -0.2) is 41.3 Å². The van der Waals surface area contributed by atoms with Crippen LogP contribution >= 0.6 is 24.0 Å². The van der Waals surface area contributed by atoms with E-state index in [1.165, 1.54) is 11.3 Å². The number of aryl methyl sites for hydroxylation is 2. The molecular formula is C12H24IN5. The van der Waals surface area contributed by atoms with Gasteiger partial charge in [0.25, 0.3) is 0 Å². The molecule has 1 aromatic heterocycles. The predicted octanol–water partition coefficient (Wildman–Crippen LogP) is 1.68. The summed E-state index contributed by atoms with van der Waals surface area (Å²) in [4.78, 5) is 6.59. The summed E-state index contributed by atoms with van der Waals surface area (Å²) in [5.74, 6) is 0.912. The lowest BCUT2D eigenvalue weighted by Crippen LogP contribution is -2.36. The highest BCUT2D eigenvalue weighted by molar-refractivity contribution is 14.0. The summed E-state index contributed by atoms with van der Waals surface area (Å²) in [6.07, 6.45) is 0. The highest BCUT2D eigenvalue weighted by atomic mass is 127. The van der Waals surface area contributed by atoms with Gasteiger partial charge in [0.2, 0.25) is 0 Å². The molecule has 1 N–H and O–H groups in total. The number of aromatic nitrogens is 2. The molecule has 1 rings (SSSR count). The predicted molar refractivity (Wildman–Crippen MR) is 86.6 cm³/mol. The van der Waals surface area contributed by atoms with E-state index in [1.54, 1.807) is 0 Å². The number of nitrogens with one attached hydrogen (secondary N) is 1. The first kappa shape index (κ1) is 17.2. The van der Waals surface area contributed by atoms with Gasteiger partial charge in [0.15, 0.2) is 5.96 Å². The summed E-state index contributed by atoms with van der Waals surface area (Å²) in [7, 11) is 5.95. The fraction of sp³-hybridized carbons (Fsp3) is 0.667. The Balaban J connectivity index is 0.00000289. The molecule has 0 aliphatic rings. The zero-order chi connectivity index (χ0) is 13.0. The van der Waals surface area contributed by atoms with Gasteiger partial charge in [-0.25, -0.2) is 4.99 Å². The maximum Gasteiger partial charge on any atom is 0.193 e. The molecular weight excluding hydrogens is 341 g/mol. The van der Waals surface area contributed by atoms with Gasteiger partial charge in [0.05, 0.1) is 12.2 Å². The number of guanidine groups is 1. The van der Waals surface area contributed by atoms with Crippen LogP contribution in [0.25, 0.3) is 0 Å². The van der Waals surface area contributed by atoms with Crippen molar-refractivity contribution >= 4 is 29.9 Å². The van der Waals surface area contributed by atoms with E-state index in [0.29, 0.717) is 6.54 Å². The Kier molecular flexibility index (Phi) is 7.27. The molecule has 18 heavy (non-hydrogen) atoms. The van der Waals surface area contributed by atoms with Crippen LogP contribution in [0, 0.1) is 13.8 Å². The van der Waals surface area contributed by atoms with Gasteiger partial charge in [0, 0.05) is 38.9 Å². The second-order valence-electron chi connectivity index (χ2n) is 4.34. The van der Waals surface area contributed by atoms with Gasteiger partial charge >= 0.3 is 0 Å². The molecule has 0 atom stereocenters. The van der Waals surface area contributed by atoms with Crippen molar-refractivity contribution in [3.63, 3.8) is 0 Å². The number of hydrogen-bond donors (Lipinski definition) is 1. The van der Waals surface area contributed by atoms with Crippen LogP contribution < -0.4 is 5.32 Å². The molecule has 0 saturated carbocycles. The normalized spacial score (nSPS) is 11.1. The molecule has 6 heteroatoms. The number of hydrogen-bond acceptors (Lipinski definition) is 2. The molecule has 1 aromatic rings. The van der Waals surface area contributed by atoms with Crippen molar-refractivity contribution in [2.75, 3.05) is 20.6 Å². The van der Waals surface area contributed by atoms with Crippen LogP contribution in [0.15, 0.2) is 4.99 Å². The van der Waals surface area contributed by atoms with Gasteiger partial charge in [-0.2, -0.15) is 5.10 Å². The van der Waals surface area contributed by atoms with Crippen LogP contribution in [-0.2, 0) is 13.6 Å². The van der Waals surface area contributed by atoms with E-state index in [4.69, 9.17) is 0 Å². The maximum absolute atomic E-state index is 4.60. The topological polar surface area (TPSA) is 45.5 Å². The smallest absolute Gasteiger partial charge is 0.193 e. The van der Waals surface area contributed by atoms with E-state index in [9.17, 15) is 0 Å². The lowest BCUT2D eigenvalue weighted by molar-refractivity contribution is 0.583. The molecule has 0 unspecified atom stereocenters. The van der Waals surface area contributed by atoms with Gasteiger partial charge in [0.1, 0.15) is 0 Å². The van der Waals surface area contributed by atoms with E-state index in [-0.39, 0.29) is 24.0 Å². The summed E-state index contributed by atoms with van der Waals surface area (Å²) in [6.45, 7) is 7.72. The van der Waals surface area contributed by atoms with Crippen LogP contribution in [0.3, 0.4) is 0 Å². The van der Waals surface area contributed by atoms with E-state index in [1.807, 2.05) is 37.6 Å². The third-order valence-corrected chi connectivity index (χ3v) is 2.80. The Morgan fingerprint density at radius 3 is 2.39 bits per heavy atom. The Labute approximate surface area is 127 Å². The number of aliphatic imine (C=N–C) groups is 1. The first-order chi connectivity index (χ1) is 7.97. The minimum Gasteiger partial charge on any atom is -0.357 e. The zero-order valence-corrected chi connectivity index (χ0v) is 14.4. The fourth-order valence-corrected chi connectivity index (χ4v) is 1.71. The highest BCUT2D eigenvalue weighted by Crippen LogP contribution is 2.12. The number of nitrogens with zero attached hydrogens (tertiary/aromatic N) is 4. The number of halogens is 1. The largest absolute Gasteiger partial charge is 0.357 e. The Bertz CT molecular complexity index is 409. The van der Waals surface area contributed by atoms with Crippen molar-refractivity contribution in [1.82, 2.24) is 20.0 Å². The highest BCUT2D eigenvalue weighted by Gasteiger charge is 2.09. The first-order valence-corrected chi connectivity index (χ1v) is 5.92. The fourth-order valence-electron chi connectivity index (χ4n) is 1.71. The summed E-state index contributed by atoms with van der Waals surface area (Å²) in [5, 5.41) is 7.64. The van der Waals surface area contributed by atoms with Gasteiger partial charge in [-0.1, -0.05) is 0 Å². The molecule has 0 bridgehead atoms. The minimum absolute atomic E-state index is 0. The van der Waals surface area contributed by atoms with Crippen molar-refractivity contribution in [2.45, 2.75) is 27.3 Å². The van der Waals surface area contributed by atoms with Crippen molar-refractivity contribution < 1.29 is 0 Å². The molecule has 0 aliphatic carbocycles. The average Bonchev–Trinajstić information content (AvgIpc) is 2.49. The molecule has 0 amide bonds. The van der Waals surface area contributed by atoms with Gasteiger partial charge in [-0.05, 0) is 20.8 Å². The molecule has 5 nitrogen and oxygen atoms in total. The van der Waals surface area contributed by atoms with Crippen LogP contribution in [0.2, 0.25) is 0 Å². The Morgan fingerprint density at radius 2 is 2.00 bits per heavy atom. The lowest BCUT2D eigenvalue weighted by atomic mass is 10.2. The third-order valence-electron chi connectivity index (χ3n) is 2.80. The van der Waals surface area contributed by atoms with Crippen molar-refractivity contribution in [1.29, 1.82) is 0 Å². The molecule has 0 radical (unpaired) electrons. The van der Waals surface area contributed by atoms with E-state index in [0.717, 1.165) is 18.2 Å². The molecule has 0 aliphatic heterocycles. The monoisotopic (exact) mass is 365 g/mol. The third kappa shape index (κ3) is 4.15. The summed E-state index contributed by atoms with van der Waals surface area (Å²) >= 11 is 0. The molecule has 0 aromatic carbocycles. The zero-order valence-electron chi connectivity index (χ0n) is 12.1. The minimum atomic E-state index is 0. The molecule has 0 fully saturated rings. The first-order valence-electron chi connectivity index (χ1n) is 5.92. The van der Waals surface area contributed by atoms with E-state index in [2.05, 4.69) is 29.3 Å². The van der Waals surface area contributed by atoms with E-state index >= 15 is 0 Å².